The second-order valence-corrected chi connectivity index (χ2v) is 13.1. The van der Waals surface area contributed by atoms with Crippen molar-refractivity contribution in [2.24, 2.45) is 5.92 Å². The zero-order valence-corrected chi connectivity index (χ0v) is 23.3. The molecule has 2 aliphatic rings. The predicted octanol–water partition coefficient (Wildman–Crippen LogP) is 4.70. The van der Waals surface area contributed by atoms with Crippen molar-refractivity contribution < 1.29 is 23.6 Å². The minimum absolute atomic E-state index is 0.0369. The molecule has 0 bridgehead atoms. The quantitative estimate of drug-likeness (QED) is 0.390. The van der Waals surface area contributed by atoms with Gasteiger partial charge in [0.2, 0.25) is 0 Å². The summed E-state index contributed by atoms with van der Waals surface area (Å²) in [6.07, 6.45) is 2.62. The SMILES string of the molecule is C=CCOc1cc(C)c(Cl)cc1[C@H](N[S@@+]([O-])C(C)(C)C)C1CCN(C(=O)C2COC(C)(C)O2)CC1. The van der Waals surface area contributed by atoms with Crippen molar-refractivity contribution in [3.8, 4) is 5.75 Å². The fourth-order valence-corrected chi connectivity index (χ4v) is 5.43. The summed E-state index contributed by atoms with van der Waals surface area (Å²) in [5.74, 6) is 0.0575. The van der Waals surface area contributed by atoms with Crippen LogP contribution in [0, 0.1) is 12.8 Å². The summed E-state index contributed by atoms with van der Waals surface area (Å²) >= 11 is 5.22. The third-order valence-corrected chi connectivity index (χ3v) is 8.37. The molecule has 0 saturated carbocycles. The Morgan fingerprint density at radius 1 is 1.40 bits per heavy atom. The number of nitrogens with zero attached hydrogens (tertiary/aromatic N) is 1. The van der Waals surface area contributed by atoms with Crippen LogP contribution in [0.3, 0.4) is 0 Å². The summed E-state index contributed by atoms with van der Waals surface area (Å²) in [5, 5.41) is 0.632. The largest absolute Gasteiger partial charge is 0.598 e. The molecule has 9 heteroatoms. The van der Waals surface area contributed by atoms with E-state index in [4.69, 9.17) is 25.8 Å². The molecular weight excluding hydrogens is 488 g/mol. The van der Waals surface area contributed by atoms with Gasteiger partial charge in [0.25, 0.3) is 5.91 Å². The Kier molecular flexibility index (Phi) is 9.21. The summed E-state index contributed by atoms with van der Waals surface area (Å²) in [6, 6.07) is 3.58. The highest BCUT2D eigenvalue weighted by Gasteiger charge is 2.41. The van der Waals surface area contributed by atoms with Gasteiger partial charge in [-0.2, -0.15) is 0 Å². The Bertz CT molecular complexity index is 912. The van der Waals surface area contributed by atoms with Gasteiger partial charge in [0.15, 0.2) is 11.9 Å². The van der Waals surface area contributed by atoms with Crippen LogP contribution < -0.4 is 9.46 Å². The minimum atomic E-state index is -1.31. The average Bonchev–Trinajstić information content (AvgIpc) is 3.16. The van der Waals surface area contributed by atoms with Crippen LogP contribution in [0.15, 0.2) is 24.8 Å². The summed E-state index contributed by atoms with van der Waals surface area (Å²) in [5.41, 5.74) is 1.78. The Labute approximate surface area is 217 Å². The van der Waals surface area contributed by atoms with Gasteiger partial charge in [-0.25, -0.2) is 0 Å². The third kappa shape index (κ3) is 7.14. The lowest BCUT2D eigenvalue weighted by Gasteiger charge is -2.38. The second kappa shape index (κ2) is 11.4. The average molecular weight is 527 g/mol. The van der Waals surface area contributed by atoms with E-state index in [0.29, 0.717) is 30.5 Å². The molecule has 0 spiro atoms. The Morgan fingerprint density at radius 2 is 2.06 bits per heavy atom. The molecule has 3 atom stereocenters. The summed E-state index contributed by atoms with van der Waals surface area (Å²) in [7, 11) is 0. The van der Waals surface area contributed by atoms with Crippen LogP contribution in [0.25, 0.3) is 0 Å². The Balaban J connectivity index is 1.82. The first-order valence-corrected chi connectivity index (χ1v) is 13.7. The van der Waals surface area contributed by atoms with Gasteiger partial charge in [-0.15, -0.1) is 4.72 Å². The van der Waals surface area contributed by atoms with Gasteiger partial charge < -0.3 is 23.7 Å². The summed E-state index contributed by atoms with van der Waals surface area (Å²) in [6.45, 7) is 17.0. The fraction of sp³-hybridized carbons (Fsp3) is 0.654. The molecule has 3 rings (SSSR count). The number of halogens is 1. The Morgan fingerprint density at radius 3 is 2.60 bits per heavy atom. The van der Waals surface area contributed by atoms with Crippen LogP contribution in [0.4, 0.5) is 0 Å². The molecule has 0 aliphatic carbocycles. The second-order valence-electron chi connectivity index (χ2n) is 10.7. The number of amides is 1. The zero-order valence-electron chi connectivity index (χ0n) is 21.7. The van der Waals surface area contributed by atoms with E-state index in [1.54, 1.807) is 6.08 Å². The van der Waals surface area contributed by atoms with E-state index >= 15 is 0 Å². The van der Waals surface area contributed by atoms with E-state index in [0.717, 1.165) is 24.0 Å². The standard InChI is InChI=1S/C26H39ClN2O5S/c1-8-13-32-21-14-17(2)20(27)15-19(21)23(28-35(31)25(3,4)5)18-9-11-29(12-10-18)24(30)22-16-33-26(6,7)34-22/h8,14-15,18,22-23,28H,1,9-13,16H2,2-7H3/t22?,23-,35+/m1/s1. The number of rotatable bonds is 8. The molecule has 1 aromatic rings. The van der Waals surface area contributed by atoms with Gasteiger partial charge >= 0.3 is 0 Å². The van der Waals surface area contributed by atoms with Crippen molar-refractivity contribution in [1.29, 1.82) is 0 Å². The maximum Gasteiger partial charge on any atom is 0.254 e. The minimum Gasteiger partial charge on any atom is -0.598 e. The third-order valence-electron chi connectivity index (χ3n) is 6.38. The number of piperidine rings is 1. The maximum absolute atomic E-state index is 13.2. The highest BCUT2D eigenvalue weighted by molar-refractivity contribution is 7.90. The van der Waals surface area contributed by atoms with Gasteiger partial charge in [0, 0.05) is 35.0 Å². The Hall–Kier alpha value is -1.29. The fourth-order valence-electron chi connectivity index (χ4n) is 4.36. The molecule has 7 nitrogen and oxygen atoms in total. The molecule has 1 N–H and O–H groups in total. The molecule has 1 amide bonds. The van der Waals surface area contributed by atoms with Gasteiger partial charge in [0.05, 0.1) is 12.6 Å². The van der Waals surface area contributed by atoms with Gasteiger partial charge in [0.1, 0.15) is 17.1 Å². The van der Waals surface area contributed by atoms with E-state index in [1.807, 2.05) is 58.6 Å². The molecule has 2 saturated heterocycles. The van der Waals surface area contributed by atoms with Crippen molar-refractivity contribution in [2.75, 3.05) is 26.3 Å². The lowest BCUT2D eigenvalue weighted by Crippen LogP contribution is -2.48. The van der Waals surface area contributed by atoms with Crippen LogP contribution in [0.5, 0.6) is 5.75 Å². The summed E-state index contributed by atoms with van der Waals surface area (Å²) < 4.78 is 33.5. The van der Waals surface area contributed by atoms with E-state index in [9.17, 15) is 9.35 Å². The highest BCUT2D eigenvalue weighted by atomic mass is 35.5. The number of nitrogens with one attached hydrogen (secondary N) is 1. The normalized spacial score (nSPS) is 22.6. The van der Waals surface area contributed by atoms with Crippen LogP contribution in [0.2, 0.25) is 5.02 Å². The van der Waals surface area contributed by atoms with Crippen molar-refractivity contribution in [3.05, 3.63) is 40.9 Å². The van der Waals surface area contributed by atoms with Crippen LogP contribution in [-0.2, 0) is 25.6 Å². The van der Waals surface area contributed by atoms with Crippen LogP contribution in [-0.4, -0.2) is 58.3 Å². The molecular formula is C26H39ClN2O5S. The predicted molar refractivity (Wildman–Crippen MR) is 140 cm³/mol. The molecule has 2 fully saturated rings. The molecule has 0 radical (unpaired) electrons. The van der Waals surface area contributed by atoms with Crippen molar-refractivity contribution in [2.45, 2.75) is 77.1 Å². The van der Waals surface area contributed by atoms with E-state index < -0.39 is 28.0 Å². The number of aryl methyl sites for hydroxylation is 1. The van der Waals surface area contributed by atoms with Crippen LogP contribution >= 0.6 is 11.6 Å². The van der Waals surface area contributed by atoms with Crippen molar-refractivity contribution in [1.82, 2.24) is 9.62 Å². The first-order valence-electron chi connectivity index (χ1n) is 12.1. The van der Waals surface area contributed by atoms with Crippen LogP contribution in [0.1, 0.15) is 64.6 Å². The van der Waals surface area contributed by atoms with E-state index in [2.05, 4.69) is 11.3 Å². The molecule has 1 aromatic carbocycles. The number of hydrogen-bond donors (Lipinski definition) is 1. The molecule has 35 heavy (non-hydrogen) atoms. The van der Waals surface area contributed by atoms with Gasteiger partial charge in [-0.3, -0.25) is 4.79 Å². The lowest BCUT2D eigenvalue weighted by atomic mass is 9.85. The van der Waals surface area contributed by atoms with Gasteiger partial charge in [-0.1, -0.05) is 24.3 Å². The molecule has 0 aromatic heterocycles. The number of likely N-dealkylation sites (tertiary alicyclic amines) is 1. The molecule has 1 unspecified atom stereocenters. The monoisotopic (exact) mass is 526 g/mol. The first kappa shape index (κ1) is 28.3. The molecule has 2 aliphatic heterocycles. The number of benzene rings is 1. The number of carbonyl (C=O) groups is 1. The topological polar surface area (TPSA) is 83.1 Å². The summed E-state index contributed by atoms with van der Waals surface area (Å²) in [4.78, 5) is 14.9. The number of carbonyl (C=O) groups excluding carboxylic acids is 1. The number of hydrogen-bond acceptors (Lipinski definition) is 6. The van der Waals surface area contributed by atoms with E-state index in [-0.39, 0.29) is 24.5 Å². The van der Waals surface area contributed by atoms with Gasteiger partial charge in [-0.05, 0) is 78.0 Å². The molecule has 196 valence electrons. The molecule has 2 heterocycles. The first-order chi connectivity index (χ1) is 16.3. The maximum atomic E-state index is 13.2. The van der Waals surface area contributed by atoms with E-state index in [1.165, 1.54) is 0 Å². The zero-order chi connectivity index (χ0) is 26.0. The number of ether oxygens (including phenoxy) is 3. The highest BCUT2D eigenvalue weighted by Crippen LogP contribution is 2.40. The van der Waals surface area contributed by atoms with Crippen molar-refractivity contribution >= 4 is 28.9 Å². The smallest absolute Gasteiger partial charge is 0.254 e. The van der Waals surface area contributed by atoms with Crippen molar-refractivity contribution in [3.63, 3.8) is 0 Å². The lowest BCUT2D eigenvalue weighted by molar-refractivity contribution is -0.161.